The lowest BCUT2D eigenvalue weighted by molar-refractivity contribution is -0.384. The second-order valence-electron chi connectivity index (χ2n) is 5.87. The van der Waals surface area contributed by atoms with Crippen molar-refractivity contribution in [2.75, 3.05) is 11.1 Å². The number of nitro groups is 1. The summed E-state index contributed by atoms with van der Waals surface area (Å²) >= 11 is 12.4. The summed E-state index contributed by atoms with van der Waals surface area (Å²) in [5.74, 6) is 0.496. The van der Waals surface area contributed by atoms with Gasteiger partial charge in [0.15, 0.2) is 5.11 Å². The minimum atomic E-state index is -0.589. The van der Waals surface area contributed by atoms with Crippen LogP contribution in [-0.2, 0) is 0 Å². The average molecular weight is 454 g/mol. The molecule has 0 aliphatic carbocycles. The molecule has 1 aromatic heterocycles. The van der Waals surface area contributed by atoms with E-state index in [0.29, 0.717) is 16.3 Å². The number of unbranched alkanes of at least 4 members (excludes halogenated alkanes) is 2. The molecule has 154 valence electrons. The van der Waals surface area contributed by atoms with E-state index in [1.807, 2.05) is 0 Å². The van der Waals surface area contributed by atoms with Crippen molar-refractivity contribution in [2.45, 2.75) is 31.2 Å². The Labute approximate surface area is 182 Å². The number of anilines is 1. The highest BCUT2D eigenvalue weighted by molar-refractivity contribution is 7.99. The van der Waals surface area contributed by atoms with Gasteiger partial charge in [-0.25, -0.2) is 4.98 Å². The van der Waals surface area contributed by atoms with E-state index in [1.54, 1.807) is 18.3 Å². The fraction of sp³-hybridized carbons (Fsp3) is 0.278. The quantitative estimate of drug-likeness (QED) is 0.175. The Morgan fingerprint density at radius 3 is 2.83 bits per heavy atom. The number of hydrazine groups is 1. The molecule has 0 aliphatic rings. The zero-order valence-electron chi connectivity index (χ0n) is 15.6. The minimum Gasteiger partial charge on any atom is -0.331 e. The Balaban J connectivity index is 1.93. The van der Waals surface area contributed by atoms with Crippen LogP contribution in [-0.4, -0.2) is 26.7 Å². The maximum absolute atomic E-state index is 12.5. The maximum Gasteiger partial charge on any atom is 0.289 e. The highest BCUT2D eigenvalue weighted by Gasteiger charge is 2.15. The summed E-state index contributed by atoms with van der Waals surface area (Å²) in [5, 5.41) is 14.4. The van der Waals surface area contributed by atoms with Gasteiger partial charge < -0.3 is 5.32 Å². The molecule has 0 saturated heterocycles. The van der Waals surface area contributed by atoms with Crippen molar-refractivity contribution in [2.24, 2.45) is 0 Å². The van der Waals surface area contributed by atoms with E-state index in [2.05, 4.69) is 28.1 Å². The summed E-state index contributed by atoms with van der Waals surface area (Å²) in [6.45, 7) is 2.13. The van der Waals surface area contributed by atoms with E-state index >= 15 is 0 Å². The van der Waals surface area contributed by atoms with E-state index in [1.165, 1.54) is 30.0 Å². The predicted molar refractivity (Wildman–Crippen MR) is 119 cm³/mol. The number of benzene rings is 1. The minimum absolute atomic E-state index is 0.0216. The third kappa shape index (κ3) is 7.15. The molecule has 0 atom stereocenters. The molecule has 1 heterocycles. The van der Waals surface area contributed by atoms with Crippen molar-refractivity contribution >= 4 is 58.0 Å². The number of hydrogen-bond acceptors (Lipinski definition) is 6. The smallest absolute Gasteiger partial charge is 0.289 e. The summed E-state index contributed by atoms with van der Waals surface area (Å²) in [6.07, 6.45) is 4.96. The lowest BCUT2D eigenvalue weighted by atomic mass is 10.3. The largest absolute Gasteiger partial charge is 0.331 e. The first-order chi connectivity index (χ1) is 13.9. The van der Waals surface area contributed by atoms with Crippen LogP contribution in [0.4, 0.5) is 11.4 Å². The Kier molecular flexibility index (Phi) is 9.10. The van der Waals surface area contributed by atoms with Gasteiger partial charge in [0, 0.05) is 18.0 Å². The lowest BCUT2D eigenvalue weighted by Crippen LogP contribution is -2.44. The van der Waals surface area contributed by atoms with Gasteiger partial charge in [0.1, 0.15) is 10.0 Å². The Morgan fingerprint density at radius 2 is 2.10 bits per heavy atom. The fourth-order valence-corrected chi connectivity index (χ4v) is 3.62. The molecule has 3 N–H and O–H groups in total. The monoisotopic (exact) mass is 453 g/mol. The van der Waals surface area contributed by atoms with E-state index in [4.69, 9.17) is 23.8 Å². The number of amides is 1. The molecule has 0 unspecified atom stereocenters. The number of thiocarbonyl (C=S) groups is 1. The highest BCUT2D eigenvalue weighted by Crippen LogP contribution is 2.27. The van der Waals surface area contributed by atoms with Crippen molar-refractivity contribution in [3.63, 3.8) is 0 Å². The average Bonchev–Trinajstić information content (AvgIpc) is 2.71. The van der Waals surface area contributed by atoms with Gasteiger partial charge in [-0.3, -0.25) is 25.8 Å². The summed E-state index contributed by atoms with van der Waals surface area (Å²) < 4.78 is 0. The predicted octanol–water partition coefficient (Wildman–Crippen LogP) is 4.56. The van der Waals surface area contributed by atoms with E-state index in [0.717, 1.165) is 25.0 Å². The Bertz CT molecular complexity index is 898. The lowest BCUT2D eigenvalue weighted by Gasteiger charge is -2.13. The van der Waals surface area contributed by atoms with Gasteiger partial charge in [-0.1, -0.05) is 31.4 Å². The number of pyridine rings is 1. The SMILES string of the molecule is CCCCCSc1ncccc1C(=O)NNC(=S)Nc1ccc(Cl)c([N+](=O)[O-])c1. The first-order valence-corrected chi connectivity index (χ1v) is 10.6. The second kappa shape index (κ2) is 11.5. The molecule has 1 amide bonds. The number of hydrogen-bond donors (Lipinski definition) is 3. The Morgan fingerprint density at radius 1 is 1.31 bits per heavy atom. The first-order valence-electron chi connectivity index (χ1n) is 8.81. The van der Waals surface area contributed by atoms with Crippen molar-refractivity contribution in [3.8, 4) is 0 Å². The van der Waals surface area contributed by atoms with Crippen LogP contribution in [0, 0.1) is 10.1 Å². The normalized spacial score (nSPS) is 10.3. The molecular formula is C18H20ClN5O3S2. The van der Waals surface area contributed by atoms with Crippen LogP contribution < -0.4 is 16.2 Å². The zero-order chi connectivity index (χ0) is 21.2. The second-order valence-corrected chi connectivity index (χ2v) is 7.77. The standard InChI is InChI=1S/C18H20ClN5O3S2/c1-2-3-4-10-29-17-13(6-5-9-20-17)16(25)22-23-18(28)21-12-7-8-14(19)15(11-12)24(26)27/h5-9,11H,2-4,10H2,1H3,(H,22,25)(H2,21,23,28). The number of carbonyl (C=O) groups excluding carboxylic acids is 1. The van der Waals surface area contributed by atoms with Crippen LogP contribution in [0.2, 0.25) is 5.02 Å². The van der Waals surface area contributed by atoms with Gasteiger partial charge >= 0.3 is 0 Å². The molecule has 2 aromatic rings. The van der Waals surface area contributed by atoms with E-state index in [-0.39, 0.29) is 21.7 Å². The van der Waals surface area contributed by atoms with Crippen LogP contribution >= 0.6 is 35.6 Å². The molecule has 0 radical (unpaired) electrons. The van der Waals surface area contributed by atoms with Crippen LogP contribution in [0.5, 0.6) is 0 Å². The number of thioether (sulfide) groups is 1. The van der Waals surface area contributed by atoms with Gasteiger partial charge in [-0.05, 0) is 48.7 Å². The summed E-state index contributed by atoms with van der Waals surface area (Å²) in [5.41, 5.74) is 5.63. The molecule has 0 spiro atoms. The molecule has 8 nitrogen and oxygen atoms in total. The number of rotatable bonds is 8. The van der Waals surface area contributed by atoms with E-state index in [9.17, 15) is 14.9 Å². The van der Waals surface area contributed by atoms with Gasteiger partial charge in [-0.15, -0.1) is 11.8 Å². The van der Waals surface area contributed by atoms with Crippen molar-refractivity contribution in [1.82, 2.24) is 15.8 Å². The van der Waals surface area contributed by atoms with Gasteiger partial charge in [0.2, 0.25) is 0 Å². The van der Waals surface area contributed by atoms with Crippen molar-refractivity contribution in [3.05, 3.63) is 57.2 Å². The van der Waals surface area contributed by atoms with Crippen molar-refractivity contribution in [1.29, 1.82) is 0 Å². The van der Waals surface area contributed by atoms with Crippen LogP contribution in [0.15, 0.2) is 41.6 Å². The molecule has 0 aliphatic heterocycles. The number of nitrogens with one attached hydrogen (secondary N) is 3. The third-order valence-electron chi connectivity index (χ3n) is 3.69. The molecule has 29 heavy (non-hydrogen) atoms. The number of aromatic nitrogens is 1. The summed E-state index contributed by atoms with van der Waals surface area (Å²) in [7, 11) is 0. The Hall–Kier alpha value is -2.43. The van der Waals surface area contributed by atoms with Gasteiger partial charge in [-0.2, -0.15) is 0 Å². The number of carbonyl (C=O) groups is 1. The summed E-state index contributed by atoms with van der Waals surface area (Å²) in [4.78, 5) is 27.1. The molecule has 0 fully saturated rings. The highest BCUT2D eigenvalue weighted by atomic mass is 35.5. The first kappa shape index (κ1) is 22.9. The fourth-order valence-electron chi connectivity index (χ4n) is 2.27. The molecule has 11 heteroatoms. The van der Waals surface area contributed by atoms with Gasteiger partial charge in [0.25, 0.3) is 11.6 Å². The molecular weight excluding hydrogens is 434 g/mol. The molecule has 1 aromatic carbocycles. The number of halogens is 1. The van der Waals surface area contributed by atoms with Crippen molar-refractivity contribution < 1.29 is 9.72 Å². The van der Waals surface area contributed by atoms with Gasteiger partial charge in [0.05, 0.1) is 10.5 Å². The topological polar surface area (TPSA) is 109 Å². The molecule has 0 saturated carbocycles. The number of nitrogens with zero attached hydrogens (tertiary/aromatic N) is 2. The maximum atomic E-state index is 12.5. The van der Waals surface area contributed by atoms with Crippen LogP contribution in [0.25, 0.3) is 0 Å². The summed E-state index contributed by atoms with van der Waals surface area (Å²) in [6, 6.07) is 7.56. The van der Waals surface area contributed by atoms with Crippen LogP contribution in [0.1, 0.15) is 36.5 Å². The number of nitro benzene ring substituents is 1. The molecule has 0 bridgehead atoms. The van der Waals surface area contributed by atoms with Crippen LogP contribution in [0.3, 0.4) is 0 Å². The van der Waals surface area contributed by atoms with E-state index < -0.39 is 4.92 Å². The zero-order valence-corrected chi connectivity index (χ0v) is 18.0. The molecule has 2 rings (SSSR count). The third-order valence-corrected chi connectivity index (χ3v) is 5.31.